The number of nitrogens with zero attached hydrogens (tertiary/aromatic N) is 1. The molecule has 24 heavy (non-hydrogen) atoms. The molecule has 0 bridgehead atoms. The molecular formula is C21H20NOP. The quantitative estimate of drug-likeness (QED) is 0.522. The standard InChI is InChI=1S/C21H20NOP/c1-17-21(18-11-5-2-6-12-18)22(17)24(23,19-13-7-3-8-14-19)20-15-9-4-10-16-20/h2-17,21H,1H3. The molecule has 0 radical (unpaired) electrons. The minimum Gasteiger partial charge on any atom is -0.296 e. The Hall–Kier alpha value is -2.15. The van der Waals surface area contributed by atoms with Crippen LogP contribution in [-0.2, 0) is 4.57 Å². The van der Waals surface area contributed by atoms with E-state index < -0.39 is 7.29 Å². The van der Waals surface area contributed by atoms with E-state index in [0.717, 1.165) is 10.6 Å². The average molecular weight is 333 g/mol. The van der Waals surface area contributed by atoms with Gasteiger partial charge in [0, 0.05) is 16.7 Å². The third-order valence-corrected chi connectivity index (χ3v) is 8.01. The van der Waals surface area contributed by atoms with E-state index in [1.54, 1.807) is 0 Å². The van der Waals surface area contributed by atoms with Crippen LogP contribution in [0.5, 0.6) is 0 Å². The molecule has 1 aliphatic rings. The highest BCUT2D eigenvalue weighted by molar-refractivity contribution is 7.76. The Labute approximate surface area is 143 Å². The van der Waals surface area contributed by atoms with Crippen LogP contribution >= 0.6 is 7.29 Å². The van der Waals surface area contributed by atoms with Crippen molar-refractivity contribution in [3.8, 4) is 0 Å². The Kier molecular flexibility index (Phi) is 3.88. The zero-order chi connectivity index (χ0) is 16.6. The minimum absolute atomic E-state index is 0.206. The summed E-state index contributed by atoms with van der Waals surface area (Å²) in [6.07, 6.45) is 0. The monoisotopic (exact) mass is 333 g/mol. The summed E-state index contributed by atoms with van der Waals surface area (Å²) in [6, 6.07) is 30.6. The third-order valence-electron chi connectivity index (χ3n) is 4.75. The van der Waals surface area contributed by atoms with Crippen LogP contribution in [0.1, 0.15) is 18.5 Å². The van der Waals surface area contributed by atoms with Gasteiger partial charge in [0.1, 0.15) is 0 Å². The first kappa shape index (κ1) is 15.4. The fraction of sp³-hybridized carbons (Fsp3) is 0.143. The highest BCUT2D eigenvalue weighted by atomic mass is 31.2. The fourth-order valence-corrected chi connectivity index (χ4v) is 6.76. The minimum atomic E-state index is -2.83. The summed E-state index contributed by atoms with van der Waals surface area (Å²) in [5, 5.41) is 1.81. The van der Waals surface area contributed by atoms with E-state index in [1.807, 2.05) is 66.7 Å². The maximum Gasteiger partial charge on any atom is 0.208 e. The first-order chi connectivity index (χ1) is 11.7. The Morgan fingerprint density at radius 2 is 1.12 bits per heavy atom. The predicted octanol–water partition coefficient (Wildman–Crippen LogP) is 4.36. The first-order valence-electron chi connectivity index (χ1n) is 8.28. The summed E-state index contributed by atoms with van der Waals surface area (Å²) >= 11 is 0. The molecule has 2 nitrogen and oxygen atoms in total. The van der Waals surface area contributed by atoms with Crippen LogP contribution in [0.25, 0.3) is 0 Å². The lowest BCUT2D eigenvalue weighted by Gasteiger charge is -2.22. The van der Waals surface area contributed by atoms with Gasteiger partial charge in [-0.1, -0.05) is 66.7 Å². The molecule has 0 spiro atoms. The summed E-state index contributed by atoms with van der Waals surface area (Å²) in [5.74, 6) is 0. The van der Waals surface area contributed by atoms with E-state index >= 15 is 0 Å². The molecule has 3 aromatic rings. The van der Waals surface area contributed by atoms with Crippen molar-refractivity contribution in [2.75, 3.05) is 0 Å². The van der Waals surface area contributed by atoms with E-state index in [-0.39, 0.29) is 12.1 Å². The van der Waals surface area contributed by atoms with Gasteiger partial charge in [0.15, 0.2) is 0 Å². The van der Waals surface area contributed by atoms with Gasteiger partial charge >= 0.3 is 0 Å². The molecule has 0 aliphatic carbocycles. The lowest BCUT2D eigenvalue weighted by Crippen LogP contribution is -2.22. The molecule has 4 rings (SSSR count). The topological polar surface area (TPSA) is 20.1 Å². The molecule has 3 heteroatoms. The van der Waals surface area contributed by atoms with Gasteiger partial charge < -0.3 is 0 Å². The average Bonchev–Trinajstić information content (AvgIpc) is 3.35. The lowest BCUT2D eigenvalue weighted by molar-refractivity contribution is 0.555. The fourth-order valence-electron chi connectivity index (χ4n) is 3.52. The highest BCUT2D eigenvalue weighted by Crippen LogP contribution is 2.63. The van der Waals surface area contributed by atoms with Crippen molar-refractivity contribution in [3.05, 3.63) is 96.6 Å². The van der Waals surface area contributed by atoms with Crippen molar-refractivity contribution in [2.24, 2.45) is 0 Å². The molecule has 3 atom stereocenters. The Morgan fingerprint density at radius 1 is 0.708 bits per heavy atom. The van der Waals surface area contributed by atoms with Crippen LogP contribution < -0.4 is 10.6 Å². The third kappa shape index (κ3) is 2.43. The van der Waals surface area contributed by atoms with Gasteiger partial charge in [0.05, 0.1) is 6.04 Å². The molecule has 3 unspecified atom stereocenters. The zero-order valence-corrected chi connectivity index (χ0v) is 14.5. The number of hydrogen-bond acceptors (Lipinski definition) is 1. The Balaban J connectivity index is 1.83. The Bertz CT molecular complexity index is 821. The number of hydrogen-bond donors (Lipinski definition) is 0. The molecule has 0 saturated carbocycles. The number of benzene rings is 3. The molecule has 1 fully saturated rings. The molecule has 3 aromatic carbocycles. The predicted molar refractivity (Wildman–Crippen MR) is 100 cm³/mol. The maximum absolute atomic E-state index is 14.3. The molecular weight excluding hydrogens is 313 g/mol. The molecule has 1 aliphatic heterocycles. The second kappa shape index (κ2) is 6.05. The second-order valence-electron chi connectivity index (χ2n) is 6.22. The summed E-state index contributed by atoms with van der Waals surface area (Å²) in [7, 11) is -2.83. The smallest absolute Gasteiger partial charge is 0.208 e. The van der Waals surface area contributed by atoms with E-state index in [9.17, 15) is 4.57 Å². The summed E-state index contributed by atoms with van der Waals surface area (Å²) < 4.78 is 16.5. The lowest BCUT2D eigenvalue weighted by atomic mass is 10.1. The van der Waals surface area contributed by atoms with E-state index in [2.05, 4.69) is 35.9 Å². The largest absolute Gasteiger partial charge is 0.296 e. The summed E-state index contributed by atoms with van der Waals surface area (Å²) in [5.41, 5.74) is 1.23. The van der Waals surface area contributed by atoms with Gasteiger partial charge in [-0.05, 0) is 36.8 Å². The van der Waals surface area contributed by atoms with Crippen LogP contribution in [0.2, 0.25) is 0 Å². The molecule has 0 aromatic heterocycles. The van der Waals surface area contributed by atoms with Crippen molar-refractivity contribution in [1.82, 2.24) is 4.67 Å². The van der Waals surface area contributed by atoms with Crippen LogP contribution in [0, 0.1) is 0 Å². The van der Waals surface area contributed by atoms with Crippen molar-refractivity contribution in [2.45, 2.75) is 19.0 Å². The second-order valence-corrected chi connectivity index (χ2v) is 8.87. The van der Waals surface area contributed by atoms with Crippen molar-refractivity contribution in [1.29, 1.82) is 0 Å². The van der Waals surface area contributed by atoms with Gasteiger partial charge in [-0.3, -0.25) is 4.57 Å². The van der Waals surface area contributed by atoms with E-state index in [4.69, 9.17) is 0 Å². The molecule has 1 saturated heterocycles. The van der Waals surface area contributed by atoms with Gasteiger partial charge in [-0.25, -0.2) is 4.67 Å². The SMILES string of the molecule is CC1C(c2ccccc2)N1P(=O)(c1ccccc1)c1ccccc1. The van der Waals surface area contributed by atoms with Crippen LogP contribution in [0.4, 0.5) is 0 Å². The first-order valence-corrected chi connectivity index (χ1v) is 9.94. The van der Waals surface area contributed by atoms with Crippen LogP contribution in [-0.4, -0.2) is 10.7 Å². The van der Waals surface area contributed by atoms with E-state index in [0.29, 0.717) is 0 Å². The Morgan fingerprint density at radius 3 is 1.58 bits per heavy atom. The zero-order valence-electron chi connectivity index (χ0n) is 13.6. The van der Waals surface area contributed by atoms with Crippen LogP contribution in [0.15, 0.2) is 91.0 Å². The molecule has 0 N–H and O–H groups in total. The maximum atomic E-state index is 14.3. The van der Waals surface area contributed by atoms with Gasteiger partial charge in [-0.2, -0.15) is 0 Å². The molecule has 120 valence electrons. The molecule has 0 amide bonds. The van der Waals surface area contributed by atoms with Gasteiger partial charge in [-0.15, -0.1) is 0 Å². The normalized spacial score (nSPS) is 23.0. The van der Waals surface area contributed by atoms with Crippen molar-refractivity contribution >= 4 is 17.9 Å². The molecule has 1 heterocycles. The van der Waals surface area contributed by atoms with Crippen molar-refractivity contribution in [3.63, 3.8) is 0 Å². The summed E-state index contributed by atoms with van der Waals surface area (Å²) in [6.45, 7) is 2.16. The van der Waals surface area contributed by atoms with Gasteiger partial charge in [0.25, 0.3) is 0 Å². The summed E-state index contributed by atoms with van der Waals surface area (Å²) in [4.78, 5) is 0. The van der Waals surface area contributed by atoms with Crippen LogP contribution in [0.3, 0.4) is 0 Å². The highest BCUT2D eigenvalue weighted by Gasteiger charge is 2.56. The van der Waals surface area contributed by atoms with Crippen molar-refractivity contribution < 1.29 is 4.57 Å². The van der Waals surface area contributed by atoms with E-state index in [1.165, 1.54) is 5.56 Å². The number of rotatable bonds is 4. The van der Waals surface area contributed by atoms with Gasteiger partial charge in [0.2, 0.25) is 7.29 Å².